The smallest absolute Gasteiger partial charge is 0.0120 e. The Hall–Kier alpha value is -0.120. The quantitative estimate of drug-likeness (QED) is 0.713. The highest BCUT2D eigenvalue weighted by atomic mass is 15.2. The Kier molecular flexibility index (Phi) is 5.73. The summed E-state index contributed by atoms with van der Waals surface area (Å²) in [6.07, 6.45) is 2.54. The lowest BCUT2D eigenvalue weighted by molar-refractivity contribution is 0.121. The third kappa shape index (κ3) is 4.40. The molecule has 1 rings (SSSR count). The fourth-order valence-electron chi connectivity index (χ4n) is 2.51. The lowest BCUT2D eigenvalue weighted by Gasteiger charge is -2.40. The maximum Gasteiger partial charge on any atom is 0.0120 e. The Bertz CT molecular complexity index is 194. The Balaban J connectivity index is 2.20. The van der Waals surface area contributed by atoms with E-state index in [0.717, 1.165) is 18.5 Å². The monoisotopic (exact) mass is 227 g/mol. The number of rotatable bonds is 5. The van der Waals surface area contributed by atoms with Crippen molar-refractivity contribution >= 4 is 0 Å². The molecule has 0 amide bonds. The van der Waals surface area contributed by atoms with Crippen LogP contribution in [0.3, 0.4) is 0 Å². The molecular weight excluding hydrogens is 198 g/mol. The molecule has 96 valence electrons. The molecule has 0 aromatic carbocycles. The summed E-state index contributed by atoms with van der Waals surface area (Å²) in [6, 6.07) is 1.44. The van der Waals surface area contributed by atoms with Gasteiger partial charge in [-0.1, -0.05) is 6.92 Å². The van der Waals surface area contributed by atoms with E-state index in [4.69, 9.17) is 0 Å². The summed E-state index contributed by atoms with van der Waals surface area (Å²) in [5, 5.41) is 3.72. The van der Waals surface area contributed by atoms with E-state index < -0.39 is 0 Å². The van der Waals surface area contributed by atoms with Crippen LogP contribution in [0.1, 0.15) is 26.7 Å². The van der Waals surface area contributed by atoms with Crippen molar-refractivity contribution in [2.45, 2.75) is 38.8 Å². The van der Waals surface area contributed by atoms with Gasteiger partial charge in [-0.2, -0.15) is 0 Å². The first-order chi connectivity index (χ1) is 7.50. The van der Waals surface area contributed by atoms with Crippen LogP contribution >= 0.6 is 0 Å². The van der Waals surface area contributed by atoms with E-state index in [2.05, 4.69) is 50.1 Å². The highest BCUT2D eigenvalue weighted by Crippen LogP contribution is 2.20. The van der Waals surface area contributed by atoms with Crippen LogP contribution in [0, 0.1) is 5.92 Å². The highest BCUT2D eigenvalue weighted by Gasteiger charge is 2.27. The van der Waals surface area contributed by atoms with Crippen LogP contribution in [0.25, 0.3) is 0 Å². The van der Waals surface area contributed by atoms with Crippen molar-refractivity contribution in [2.75, 3.05) is 40.8 Å². The van der Waals surface area contributed by atoms with Crippen LogP contribution < -0.4 is 5.32 Å². The van der Waals surface area contributed by atoms with Gasteiger partial charge in [-0.3, -0.25) is 0 Å². The molecule has 16 heavy (non-hydrogen) atoms. The van der Waals surface area contributed by atoms with Gasteiger partial charge in [-0.15, -0.1) is 0 Å². The molecule has 0 aromatic rings. The minimum absolute atomic E-state index is 0.716. The van der Waals surface area contributed by atoms with Crippen molar-refractivity contribution in [3.63, 3.8) is 0 Å². The van der Waals surface area contributed by atoms with Gasteiger partial charge in [0, 0.05) is 18.6 Å². The number of piperidine rings is 1. The van der Waals surface area contributed by atoms with E-state index in [0.29, 0.717) is 6.04 Å². The molecule has 0 saturated carbocycles. The van der Waals surface area contributed by atoms with Gasteiger partial charge >= 0.3 is 0 Å². The molecule has 0 unspecified atom stereocenters. The Morgan fingerprint density at radius 2 is 2.00 bits per heavy atom. The van der Waals surface area contributed by atoms with Crippen LogP contribution in [-0.2, 0) is 0 Å². The fraction of sp³-hybridized carbons (Fsp3) is 1.00. The van der Waals surface area contributed by atoms with Crippen LogP contribution in [0.15, 0.2) is 0 Å². The summed E-state index contributed by atoms with van der Waals surface area (Å²) in [4.78, 5) is 4.73. The summed E-state index contributed by atoms with van der Waals surface area (Å²) in [5.74, 6) is 0.778. The van der Waals surface area contributed by atoms with Crippen molar-refractivity contribution in [3.05, 3.63) is 0 Å². The van der Waals surface area contributed by atoms with Crippen molar-refractivity contribution in [2.24, 2.45) is 5.92 Å². The van der Waals surface area contributed by atoms with Gasteiger partial charge in [0.2, 0.25) is 0 Å². The molecule has 0 spiro atoms. The van der Waals surface area contributed by atoms with Crippen molar-refractivity contribution < 1.29 is 0 Å². The average Bonchev–Trinajstić information content (AvgIpc) is 2.19. The predicted octanol–water partition coefficient (Wildman–Crippen LogP) is 1.26. The molecule has 3 nitrogen and oxygen atoms in total. The van der Waals surface area contributed by atoms with Gasteiger partial charge in [-0.25, -0.2) is 0 Å². The molecule has 1 aliphatic rings. The highest BCUT2D eigenvalue weighted by molar-refractivity contribution is 4.85. The standard InChI is InChI=1S/C13H29N3/c1-11-10-16(5)12(2)9-13(11)14-7-6-8-15(3)4/h11-14H,6-10H2,1-5H3/t11-,12-,13+/m1/s1. The molecule has 1 fully saturated rings. The summed E-state index contributed by atoms with van der Waals surface area (Å²) in [6.45, 7) is 8.27. The second-order valence-corrected chi connectivity index (χ2v) is 5.72. The zero-order valence-corrected chi connectivity index (χ0v) is 11.7. The van der Waals surface area contributed by atoms with Gasteiger partial charge in [0.05, 0.1) is 0 Å². The second kappa shape index (κ2) is 6.58. The third-order valence-electron chi connectivity index (χ3n) is 3.80. The summed E-state index contributed by atoms with van der Waals surface area (Å²) in [5.41, 5.74) is 0. The Labute approximate surface area is 101 Å². The largest absolute Gasteiger partial charge is 0.314 e. The number of nitrogens with zero attached hydrogens (tertiary/aromatic N) is 2. The zero-order chi connectivity index (χ0) is 12.1. The average molecular weight is 227 g/mol. The third-order valence-corrected chi connectivity index (χ3v) is 3.80. The van der Waals surface area contributed by atoms with Crippen LogP contribution in [0.4, 0.5) is 0 Å². The molecule has 1 heterocycles. The minimum Gasteiger partial charge on any atom is -0.314 e. The normalized spacial score (nSPS) is 32.2. The number of likely N-dealkylation sites (tertiary alicyclic amines) is 1. The van der Waals surface area contributed by atoms with Crippen LogP contribution in [-0.4, -0.2) is 62.7 Å². The van der Waals surface area contributed by atoms with E-state index in [9.17, 15) is 0 Å². The van der Waals surface area contributed by atoms with E-state index in [1.807, 2.05) is 0 Å². The number of hydrogen-bond donors (Lipinski definition) is 1. The fourth-order valence-corrected chi connectivity index (χ4v) is 2.51. The van der Waals surface area contributed by atoms with Crippen molar-refractivity contribution in [3.8, 4) is 0 Å². The van der Waals surface area contributed by atoms with Gasteiger partial charge in [0.15, 0.2) is 0 Å². The first kappa shape index (κ1) is 13.9. The van der Waals surface area contributed by atoms with Gasteiger partial charge < -0.3 is 15.1 Å². The Morgan fingerprint density at radius 1 is 1.31 bits per heavy atom. The maximum absolute atomic E-state index is 3.72. The van der Waals surface area contributed by atoms with Crippen LogP contribution in [0.5, 0.6) is 0 Å². The first-order valence-corrected chi connectivity index (χ1v) is 6.59. The lowest BCUT2D eigenvalue weighted by atomic mass is 9.90. The molecule has 3 atom stereocenters. The minimum atomic E-state index is 0.716. The van der Waals surface area contributed by atoms with Gasteiger partial charge in [-0.05, 0) is 59.9 Å². The molecule has 1 aliphatic heterocycles. The predicted molar refractivity (Wildman–Crippen MR) is 70.8 cm³/mol. The van der Waals surface area contributed by atoms with E-state index in [-0.39, 0.29) is 0 Å². The maximum atomic E-state index is 3.72. The first-order valence-electron chi connectivity index (χ1n) is 6.59. The molecule has 0 radical (unpaired) electrons. The number of hydrogen-bond acceptors (Lipinski definition) is 3. The van der Waals surface area contributed by atoms with Gasteiger partial charge in [0.1, 0.15) is 0 Å². The topological polar surface area (TPSA) is 18.5 Å². The molecule has 1 N–H and O–H groups in total. The van der Waals surface area contributed by atoms with E-state index >= 15 is 0 Å². The molecule has 0 bridgehead atoms. The van der Waals surface area contributed by atoms with Crippen molar-refractivity contribution in [1.82, 2.24) is 15.1 Å². The number of nitrogens with one attached hydrogen (secondary N) is 1. The SMILES string of the molecule is C[C@@H]1CN(C)[C@H](C)C[C@@H]1NCCCN(C)C. The molecule has 1 saturated heterocycles. The van der Waals surface area contributed by atoms with Gasteiger partial charge in [0.25, 0.3) is 0 Å². The molecule has 0 aromatic heterocycles. The molecule has 0 aliphatic carbocycles. The van der Waals surface area contributed by atoms with E-state index in [1.54, 1.807) is 0 Å². The second-order valence-electron chi connectivity index (χ2n) is 5.72. The lowest BCUT2D eigenvalue weighted by Crippen LogP contribution is -2.51. The van der Waals surface area contributed by atoms with E-state index in [1.165, 1.54) is 25.9 Å². The summed E-state index contributed by atoms with van der Waals surface area (Å²) >= 11 is 0. The Morgan fingerprint density at radius 3 is 2.62 bits per heavy atom. The molecule has 3 heteroatoms. The zero-order valence-electron chi connectivity index (χ0n) is 11.7. The molecular formula is C13H29N3. The summed E-state index contributed by atoms with van der Waals surface area (Å²) < 4.78 is 0. The van der Waals surface area contributed by atoms with Crippen LogP contribution in [0.2, 0.25) is 0 Å². The van der Waals surface area contributed by atoms with Crippen molar-refractivity contribution in [1.29, 1.82) is 0 Å². The summed E-state index contributed by atoms with van der Waals surface area (Å²) in [7, 11) is 6.52.